The zero-order chi connectivity index (χ0) is 9.30. The van der Waals surface area contributed by atoms with Crippen LogP contribution in [0, 0.1) is 16.4 Å². The van der Waals surface area contributed by atoms with Crippen LogP contribution in [0.5, 0.6) is 0 Å². The van der Waals surface area contributed by atoms with Gasteiger partial charge in [-0.1, -0.05) is 0 Å². The fourth-order valence-electron chi connectivity index (χ4n) is 0.781. The average Bonchev–Trinajstić information content (AvgIpc) is 2.00. The monoisotopic (exact) mass is 287 g/mol. The van der Waals surface area contributed by atoms with Crippen molar-refractivity contribution in [3.05, 3.63) is 26.8 Å². The number of pyridine rings is 1. The Bertz CT molecular complexity index is 301. The number of nitrogens with zero attached hydrogens (tertiary/aromatic N) is 1. The molecular formula is C7H5F3IN. The van der Waals surface area contributed by atoms with E-state index >= 15 is 0 Å². The maximum Gasteiger partial charge on any atom is 0.265 e. The highest BCUT2D eigenvalue weighted by molar-refractivity contribution is 14.1. The molecule has 1 aromatic rings. The van der Waals surface area contributed by atoms with E-state index in [0.29, 0.717) is 0 Å². The molecule has 0 fully saturated rings. The molecule has 66 valence electrons. The molecule has 0 unspecified atom stereocenters. The molecule has 1 aromatic heterocycles. The zero-order valence-electron chi connectivity index (χ0n) is 6.11. The number of aromatic nitrogens is 1. The van der Waals surface area contributed by atoms with E-state index < -0.39 is 12.2 Å². The second kappa shape index (κ2) is 3.59. The molecule has 0 saturated carbocycles. The highest BCUT2D eigenvalue weighted by Gasteiger charge is 2.15. The summed E-state index contributed by atoms with van der Waals surface area (Å²) in [5, 5.41) is 0. The van der Waals surface area contributed by atoms with Crippen molar-refractivity contribution in [1.82, 2.24) is 4.98 Å². The van der Waals surface area contributed by atoms with Crippen LogP contribution in [0.1, 0.15) is 17.6 Å². The number of hydrogen-bond acceptors (Lipinski definition) is 1. The molecule has 0 spiro atoms. The standard InChI is InChI=1S/C7H5F3IN/c1-3-4(6(9)10)2-12-7(11)5(3)8/h2,6H,1H3. The van der Waals surface area contributed by atoms with E-state index in [1.54, 1.807) is 22.6 Å². The Morgan fingerprint density at radius 2 is 2.08 bits per heavy atom. The van der Waals surface area contributed by atoms with Gasteiger partial charge < -0.3 is 0 Å². The van der Waals surface area contributed by atoms with Gasteiger partial charge in [-0.25, -0.2) is 18.2 Å². The fraction of sp³-hybridized carbons (Fsp3) is 0.286. The molecule has 0 aliphatic carbocycles. The maximum atomic E-state index is 12.9. The number of hydrogen-bond donors (Lipinski definition) is 0. The fourth-order valence-corrected chi connectivity index (χ4v) is 1.32. The van der Waals surface area contributed by atoms with Gasteiger partial charge in [0.25, 0.3) is 6.43 Å². The lowest BCUT2D eigenvalue weighted by atomic mass is 10.1. The van der Waals surface area contributed by atoms with E-state index in [1.165, 1.54) is 6.92 Å². The van der Waals surface area contributed by atoms with Gasteiger partial charge in [-0.15, -0.1) is 0 Å². The van der Waals surface area contributed by atoms with E-state index in [2.05, 4.69) is 4.98 Å². The van der Waals surface area contributed by atoms with Crippen LogP contribution in [-0.2, 0) is 0 Å². The van der Waals surface area contributed by atoms with Gasteiger partial charge in [0.2, 0.25) is 0 Å². The van der Waals surface area contributed by atoms with Crippen LogP contribution in [-0.4, -0.2) is 4.98 Å². The Hall–Kier alpha value is -0.330. The molecule has 1 heterocycles. The lowest BCUT2D eigenvalue weighted by Crippen LogP contribution is -1.98. The summed E-state index contributed by atoms with van der Waals surface area (Å²) in [5.74, 6) is -0.659. The molecule has 1 nitrogen and oxygen atoms in total. The van der Waals surface area contributed by atoms with E-state index in [9.17, 15) is 13.2 Å². The van der Waals surface area contributed by atoms with Crippen molar-refractivity contribution in [2.45, 2.75) is 13.3 Å². The minimum atomic E-state index is -2.66. The van der Waals surface area contributed by atoms with Crippen LogP contribution >= 0.6 is 22.6 Å². The van der Waals surface area contributed by atoms with E-state index in [4.69, 9.17) is 0 Å². The summed E-state index contributed by atoms with van der Waals surface area (Å²) in [7, 11) is 0. The van der Waals surface area contributed by atoms with Crippen LogP contribution in [0.2, 0.25) is 0 Å². The second-order valence-electron chi connectivity index (χ2n) is 2.24. The Kier molecular flexibility index (Phi) is 2.92. The van der Waals surface area contributed by atoms with Gasteiger partial charge in [-0.2, -0.15) is 0 Å². The van der Waals surface area contributed by atoms with Gasteiger partial charge in [-0.3, -0.25) is 0 Å². The van der Waals surface area contributed by atoms with Crippen LogP contribution in [0.4, 0.5) is 13.2 Å². The topological polar surface area (TPSA) is 12.9 Å². The quantitative estimate of drug-likeness (QED) is 0.571. The molecule has 0 radical (unpaired) electrons. The smallest absolute Gasteiger partial charge is 0.247 e. The Morgan fingerprint density at radius 3 is 2.58 bits per heavy atom. The van der Waals surface area contributed by atoms with Crippen molar-refractivity contribution in [2.24, 2.45) is 0 Å². The molecular weight excluding hydrogens is 282 g/mol. The minimum Gasteiger partial charge on any atom is -0.247 e. The van der Waals surface area contributed by atoms with Crippen LogP contribution in [0.25, 0.3) is 0 Å². The highest BCUT2D eigenvalue weighted by Crippen LogP contribution is 2.24. The predicted octanol–water partition coefficient (Wildman–Crippen LogP) is 3.07. The molecule has 5 heteroatoms. The van der Waals surface area contributed by atoms with Gasteiger partial charge in [-0.05, 0) is 35.1 Å². The predicted molar refractivity (Wildman–Crippen MR) is 46.6 cm³/mol. The average molecular weight is 287 g/mol. The van der Waals surface area contributed by atoms with Crippen molar-refractivity contribution in [1.29, 1.82) is 0 Å². The molecule has 0 saturated heterocycles. The number of halogens is 4. The van der Waals surface area contributed by atoms with E-state index in [0.717, 1.165) is 6.20 Å². The third-order valence-corrected chi connectivity index (χ3v) is 2.25. The Balaban J connectivity index is 3.27. The zero-order valence-corrected chi connectivity index (χ0v) is 8.27. The maximum absolute atomic E-state index is 12.9. The van der Waals surface area contributed by atoms with Crippen molar-refractivity contribution < 1.29 is 13.2 Å². The third kappa shape index (κ3) is 1.70. The number of alkyl halides is 2. The molecule has 0 aliphatic heterocycles. The molecule has 0 atom stereocenters. The molecule has 0 aliphatic rings. The Morgan fingerprint density at radius 1 is 1.50 bits per heavy atom. The largest absolute Gasteiger partial charge is 0.265 e. The summed E-state index contributed by atoms with van der Waals surface area (Å²) in [6.07, 6.45) is -1.66. The van der Waals surface area contributed by atoms with E-state index in [-0.39, 0.29) is 14.8 Å². The lowest BCUT2D eigenvalue weighted by molar-refractivity contribution is 0.149. The molecule has 0 aromatic carbocycles. The molecule has 12 heavy (non-hydrogen) atoms. The third-order valence-electron chi connectivity index (χ3n) is 1.50. The van der Waals surface area contributed by atoms with Gasteiger partial charge in [0.15, 0.2) is 5.82 Å². The first kappa shape index (κ1) is 9.76. The van der Waals surface area contributed by atoms with Gasteiger partial charge in [0.05, 0.1) is 0 Å². The summed E-state index contributed by atoms with van der Waals surface area (Å²) in [6.45, 7) is 1.32. The van der Waals surface area contributed by atoms with Crippen LogP contribution < -0.4 is 0 Å². The lowest BCUT2D eigenvalue weighted by Gasteiger charge is -2.05. The summed E-state index contributed by atoms with van der Waals surface area (Å²) in [6, 6.07) is 0. The van der Waals surface area contributed by atoms with Crippen molar-refractivity contribution in [2.75, 3.05) is 0 Å². The highest BCUT2D eigenvalue weighted by atomic mass is 127. The Labute approximate surface area is 81.1 Å². The molecule has 1 rings (SSSR count). The molecule has 0 bridgehead atoms. The first-order valence-corrected chi connectivity index (χ1v) is 4.20. The van der Waals surface area contributed by atoms with Crippen LogP contribution in [0.15, 0.2) is 6.20 Å². The van der Waals surface area contributed by atoms with E-state index in [1.807, 2.05) is 0 Å². The second-order valence-corrected chi connectivity index (χ2v) is 3.27. The van der Waals surface area contributed by atoms with Gasteiger partial charge in [0.1, 0.15) is 3.70 Å². The normalized spacial score (nSPS) is 10.8. The molecule has 0 N–H and O–H groups in total. The number of rotatable bonds is 1. The van der Waals surface area contributed by atoms with Gasteiger partial charge >= 0.3 is 0 Å². The van der Waals surface area contributed by atoms with Crippen molar-refractivity contribution >= 4 is 22.6 Å². The summed E-state index contributed by atoms with van der Waals surface area (Å²) in [5.41, 5.74) is -0.364. The minimum absolute atomic E-state index is 0.0237. The summed E-state index contributed by atoms with van der Waals surface area (Å²) in [4.78, 5) is 3.49. The summed E-state index contributed by atoms with van der Waals surface area (Å²) >= 11 is 1.66. The van der Waals surface area contributed by atoms with Crippen LogP contribution in [0.3, 0.4) is 0 Å². The SMILES string of the molecule is Cc1c(C(F)F)cnc(I)c1F. The van der Waals surface area contributed by atoms with Crippen molar-refractivity contribution in [3.63, 3.8) is 0 Å². The summed E-state index contributed by atoms with van der Waals surface area (Å²) < 4.78 is 37.3. The van der Waals surface area contributed by atoms with Gasteiger partial charge in [0, 0.05) is 11.8 Å². The van der Waals surface area contributed by atoms with Crippen molar-refractivity contribution in [3.8, 4) is 0 Å². The first-order valence-electron chi connectivity index (χ1n) is 3.12. The molecule has 0 amide bonds. The first-order chi connectivity index (χ1) is 5.54.